The van der Waals surface area contributed by atoms with Crippen LogP contribution in [0.3, 0.4) is 0 Å². The molecule has 0 aliphatic carbocycles. The van der Waals surface area contributed by atoms with Gasteiger partial charge in [-0.25, -0.2) is 4.39 Å². The lowest BCUT2D eigenvalue weighted by molar-refractivity contribution is 0.112. The Hall–Kier alpha value is -2.46. The lowest BCUT2D eigenvalue weighted by Gasteiger charge is -2.05. The van der Waals surface area contributed by atoms with Crippen molar-refractivity contribution in [2.75, 3.05) is 11.9 Å². The van der Waals surface area contributed by atoms with Crippen molar-refractivity contribution in [3.8, 4) is 6.07 Å². The molecular weight excluding hydrogens is 253 g/mol. The first-order valence-corrected chi connectivity index (χ1v) is 5.47. The maximum atomic E-state index is 13.7. The number of nitrogens with zero attached hydrogens (tertiary/aromatic N) is 2. The number of fused-ring (bicyclic) bond motifs is 1. The van der Waals surface area contributed by atoms with Crippen molar-refractivity contribution in [2.45, 2.75) is 13.0 Å². The molecule has 2 rings (SSSR count). The van der Waals surface area contributed by atoms with Gasteiger partial charge in [0.2, 0.25) is 0 Å². The van der Waals surface area contributed by atoms with E-state index in [0.29, 0.717) is 11.7 Å². The first kappa shape index (κ1) is 13.0. The van der Waals surface area contributed by atoms with Gasteiger partial charge in [-0.1, -0.05) is 5.16 Å². The molecule has 2 aromatic rings. The minimum Gasteiger partial charge on any atom is -0.392 e. The summed E-state index contributed by atoms with van der Waals surface area (Å²) in [6.07, 6.45) is -0.297. The number of anilines is 1. The molecule has 98 valence electrons. The van der Waals surface area contributed by atoms with Crippen molar-refractivity contribution in [1.29, 1.82) is 5.26 Å². The summed E-state index contributed by atoms with van der Waals surface area (Å²) in [5.41, 5.74) is -0.636. The van der Waals surface area contributed by atoms with Gasteiger partial charge in [-0.15, -0.1) is 0 Å². The molecule has 0 aliphatic heterocycles. The molecule has 0 saturated carbocycles. The molecule has 0 bridgehead atoms. The van der Waals surface area contributed by atoms with E-state index >= 15 is 0 Å². The van der Waals surface area contributed by atoms with E-state index in [9.17, 15) is 14.3 Å². The molecule has 0 aliphatic rings. The van der Waals surface area contributed by atoms with E-state index < -0.39 is 11.9 Å². The van der Waals surface area contributed by atoms with Crippen LogP contribution in [0.2, 0.25) is 0 Å². The predicted octanol–water partition coefficient (Wildman–Crippen LogP) is 1.44. The maximum absolute atomic E-state index is 13.7. The molecule has 0 fully saturated rings. The number of aldehydes is 1. The number of aliphatic hydroxyl groups is 1. The van der Waals surface area contributed by atoms with Crippen molar-refractivity contribution in [3.05, 3.63) is 23.0 Å². The van der Waals surface area contributed by atoms with E-state index in [1.807, 2.05) is 0 Å². The largest absolute Gasteiger partial charge is 0.392 e. The molecule has 0 saturated heterocycles. The fourth-order valence-corrected chi connectivity index (χ4v) is 1.63. The predicted molar refractivity (Wildman–Crippen MR) is 64.2 cm³/mol. The SMILES string of the molecule is CC(O)CNc1noc2c(C#N)c(F)c(C=O)cc12. The number of aromatic nitrogens is 1. The molecule has 0 spiro atoms. The summed E-state index contributed by atoms with van der Waals surface area (Å²) in [6, 6.07) is 2.90. The number of carbonyl (C=O) groups is 1. The van der Waals surface area contributed by atoms with Gasteiger partial charge in [0.1, 0.15) is 11.6 Å². The van der Waals surface area contributed by atoms with Gasteiger partial charge in [0, 0.05) is 6.54 Å². The summed E-state index contributed by atoms with van der Waals surface area (Å²) in [7, 11) is 0. The zero-order valence-electron chi connectivity index (χ0n) is 9.98. The Labute approximate surface area is 107 Å². The standard InChI is InChI=1S/C12H10FN3O3/c1-6(18)4-15-12-8-2-7(5-17)10(13)9(3-14)11(8)19-16-12/h2,5-6,18H,4H2,1H3,(H,15,16). The van der Waals surface area contributed by atoms with Crippen molar-refractivity contribution in [1.82, 2.24) is 5.16 Å². The van der Waals surface area contributed by atoms with Gasteiger partial charge in [0.15, 0.2) is 23.5 Å². The molecule has 1 unspecified atom stereocenters. The summed E-state index contributed by atoms with van der Waals surface area (Å²) in [4.78, 5) is 10.8. The normalized spacial score (nSPS) is 12.1. The number of hydrogen-bond acceptors (Lipinski definition) is 6. The van der Waals surface area contributed by atoms with Crippen LogP contribution in [0, 0.1) is 17.1 Å². The number of benzene rings is 1. The fourth-order valence-electron chi connectivity index (χ4n) is 1.63. The quantitative estimate of drug-likeness (QED) is 0.810. The highest BCUT2D eigenvalue weighted by atomic mass is 19.1. The van der Waals surface area contributed by atoms with E-state index in [-0.39, 0.29) is 29.1 Å². The van der Waals surface area contributed by atoms with Crippen LogP contribution >= 0.6 is 0 Å². The van der Waals surface area contributed by atoms with Crippen molar-refractivity contribution >= 4 is 23.1 Å². The van der Waals surface area contributed by atoms with Crippen molar-refractivity contribution < 1.29 is 18.8 Å². The van der Waals surface area contributed by atoms with Crippen LogP contribution < -0.4 is 5.32 Å². The summed E-state index contributed by atoms with van der Waals surface area (Å²) < 4.78 is 18.6. The number of carbonyl (C=O) groups excluding carboxylic acids is 1. The molecule has 6 nitrogen and oxygen atoms in total. The second-order valence-corrected chi connectivity index (χ2v) is 4.02. The van der Waals surface area contributed by atoms with Gasteiger partial charge in [-0.2, -0.15) is 5.26 Å². The van der Waals surface area contributed by atoms with Crippen LogP contribution in [-0.2, 0) is 0 Å². The van der Waals surface area contributed by atoms with Gasteiger partial charge in [0.05, 0.1) is 17.1 Å². The smallest absolute Gasteiger partial charge is 0.189 e. The van der Waals surface area contributed by atoms with Gasteiger partial charge >= 0.3 is 0 Å². The molecular formula is C12H10FN3O3. The van der Waals surface area contributed by atoms with Crippen LogP contribution in [0.5, 0.6) is 0 Å². The van der Waals surface area contributed by atoms with Crippen LogP contribution in [-0.4, -0.2) is 29.2 Å². The molecule has 1 aromatic carbocycles. The molecule has 19 heavy (non-hydrogen) atoms. The molecule has 2 N–H and O–H groups in total. The van der Waals surface area contributed by atoms with E-state index in [4.69, 9.17) is 9.78 Å². The lowest BCUT2D eigenvalue weighted by Crippen LogP contribution is -2.15. The minimum atomic E-state index is -0.928. The van der Waals surface area contributed by atoms with E-state index in [1.165, 1.54) is 6.07 Å². The van der Waals surface area contributed by atoms with Crippen LogP contribution in [0.15, 0.2) is 10.6 Å². The second-order valence-electron chi connectivity index (χ2n) is 4.02. The number of nitrogens with one attached hydrogen (secondary N) is 1. The number of rotatable bonds is 4. The molecule has 0 amide bonds. The number of halogens is 1. The Morgan fingerprint density at radius 3 is 3.05 bits per heavy atom. The third-order valence-electron chi connectivity index (χ3n) is 2.53. The topological polar surface area (TPSA) is 99.2 Å². The summed E-state index contributed by atoms with van der Waals surface area (Å²) in [5.74, 6) is -0.682. The average molecular weight is 263 g/mol. The highest BCUT2D eigenvalue weighted by molar-refractivity contribution is 5.96. The molecule has 1 atom stereocenters. The zero-order chi connectivity index (χ0) is 14.0. The Morgan fingerprint density at radius 2 is 2.47 bits per heavy atom. The van der Waals surface area contributed by atoms with Crippen LogP contribution in [0.25, 0.3) is 11.0 Å². The highest BCUT2D eigenvalue weighted by Crippen LogP contribution is 2.29. The third kappa shape index (κ3) is 2.26. The van der Waals surface area contributed by atoms with E-state index in [2.05, 4.69) is 10.5 Å². The summed E-state index contributed by atoms with van der Waals surface area (Å²) >= 11 is 0. The fraction of sp³-hybridized carbons (Fsp3) is 0.250. The van der Waals surface area contributed by atoms with Gasteiger partial charge in [0.25, 0.3) is 0 Å². The first-order valence-electron chi connectivity index (χ1n) is 5.47. The molecule has 1 aromatic heterocycles. The van der Waals surface area contributed by atoms with Crippen molar-refractivity contribution in [3.63, 3.8) is 0 Å². The molecule has 7 heteroatoms. The minimum absolute atomic E-state index is 0.0290. The average Bonchev–Trinajstić information content (AvgIpc) is 2.78. The van der Waals surface area contributed by atoms with E-state index in [0.717, 1.165) is 0 Å². The van der Waals surface area contributed by atoms with Gasteiger partial charge in [-0.3, -0.25) is 4.79 Å². The van der Waals surface area contributed by atoms with E-state index in [1.54, 1.807) is 13.0 Å². The third-order valence-corrected chi connectivity index (χ3v) is 2.53. The Morgan fingerprint density at radius 1 is 1.74 bits per heavy atom. The monoisotopic (exact) mass is 263 g/mol. The zero-order valence-corrected chi connectivity index (χ0v) is 9.98. The summed E-state index contributed by atoms with van der Waals surface area (Å²) in [5, 5.41) is 24.9. The number of aliphatic hydroxyl groups excluding tert-OH is 1. The van der Waals surface area contributed by atoms with Crippen LogP contribution in [0.4, 0.5) is 10.2 Å². The van der Waals surface area contributed by atoms with Gasteiger partial charge < -0.3 is 14.9 Å². The Kier molecular flexibility index (Phi) is 3.44. The number of nitriles is 1. The number of hydrogen-bond donors (Lipinski definition) is 2. The summed E-state index contributed by atoms with van der Waals surface area (Å²) in [6.45, 7) is 1.78. The van der Waals surface area contributed by atoms with Crippen LogP contribution in [0.1, 0.15) is 22.8 Å². The Balaban J connectivity index is 2.59. The van der Waals surface area contributed by atoms with Gasteiger partial charge in [-0.05, 0) is 13.0 Å². The maximum Gasteiger partial charge on any atom is 0.189 e. The van der Waals surface area contributed by atoms with Crippen molar-refractivity contribution in [2.24, 2.45) is 0 Å². The second kappa shape index (κ2) is 5.04. The molecule has 1 heterocycles. The first-order chi connectivity index (χ1) is 9.08. The Bertz CT molecular complexity index is 673. The lowest BCUT2D eigenvalue weighted by atomic mass is 10.1. The highest BCUT2D eigenvalue weighted by Gasteiger charge is 2.19. The molecule has 0 radical (unpaired) electrons.